The van der Waals surface area contributed by atoms with Crippen LogP contribution >= 0.6 is 0 Å². The third kappa shape index (κ3) is 4.06. The molecule has 0 radical (unpaired) electrons. The zero-order valence-corrected chi connectivity index (χ0v) is 11.8. The highest BCUT2D eigenvalue weighted by molar-refractivity contribution is 7.91. The minimum Gasteiger partial charge on any atom is -0.319 e. The number of sulfone groups is 1. The molecule has 0 aliphatic carbocycles. The maximum atomic E-state index is 11.6. The van der Waals surface area contributed by atoms with Crippen LogP contribution in [0.4, 0.5) is 0 Å². The molecule has 1 unspecified atom stereocenters. The summed E-state index contributed by atoms with van der Waals surface area (Å²) >= 11 is 0. The average molecular weight is 247 g/mol. The Bertz CT molecular complexity index is 329. The molecular weight excluding hydrogens is 222 g/mol. The van der Waals surface area contributed by atoms with E-state index >= 15 is 0 Å². The van der Waals surface area contributed by atoms with Crippen LogP contribution in [0.25, 0.3) is 0 Å². The van der Waals surface area contributed by atoms with Gasteiger partial charge in [0.15, 0.2) is 9.84 Å². The molecule has 0 spiro atoms. The van der Waals surface area contributed by atoms with Crippen molar-refractivity contribution < 1.29 is 8.42 Å². The maximum Gasteiger partial charge on any atom is 0.150 e. The molecule has 16 heavy (non-hydrogen) atoms. The normalized spacial score (nSPS) is 29.5. The van der Waals surface area contributed by atoms with Gasteiger partial charge in [0.25, 0.3) is 0 Å². The molecule has 96 valence electrons. The molecule has 0 saturated carbocycles. The summed E-state index contributed by atoms with van der Waals surface area (Å²) in [5.74, 6) is 0.746. The molecule has 0 amide bonds. The largest absolute Gasteiger partial charge is 0.319 e. The van der Waals surface area contributed by atoms with Gasteiger partial charge in [-0.15, -0.1) is 0 Å². The van der Waals surface area contributed by atoms with Crippen molar-refractivity contribution in [3.8, 4) is 0 Å². The minimum absolute atomic E-state index is 0.0130. The highest BCUT2D eigenvalue weighted by atomic mass is 32.2. The monoisotopic (exact) mass is 247 g/mol. The second-order valence-electron chi connectivity index (χ2n) is 6.43. The van der Waals surface area contributed by atoms with Crippen LogP contribution in [0.1, 0.15) is 40.0 Å². The van der Waals surface area contributed by atoms with Gasteiger partial charge in [0.1, 0.15) is 0 Å². The number of hydrogen-bond donors (Lipinski definition) is 1. The van der Waals surface area contributed by atoms with Crippen molar-refractivity contribution in [3.63, 3.8) is 0 Å². The molecule has 0 aromatic heterocycles. The Morgan fingerprint density at radius 3 is 2.31 bits per heavy atom. The van der Waals surface area contributed by atoms with Gasteiger partial charge in [0.2, 0.25) is 0 Å². The van der Waals surface area contributed by atoms with E-state index in [9.17, 15) is 8.42 Å². The minimum atomic E-state index is -2.78. The first-order valence-electron chi connectivity index (χ1n) is 6.03. The molecule has 1 heterocycles. The summed E-state index contributed by atoms with van der Waals surface area (Å²) in [7, 11) is -0.877. The summed E-state index contributed by atoms with van der Waals surface area (Å²) in [6.07, 6.45) is 2.92. The van der Waals surface area contributed by atoms with E-state index in [0.717, 1.165) is 25.8 Å². The van der Waals surface area contributed by atoms with Crippen LogP contribution < -0.4 is 5.32 Å². The summed E-state index contributed by atoms with van der Waals surface area (Å²) in [6, 6.07) is 0. The van der Waals surface area contributed by atoms with Crippen molar-refractivity contribution in [1.82, 2.24) is 5.32 Å². The van der Waals surface area contributed by atoms with E-state index in [1.807, 2.05) is 7.05 Å². The molecule has 0 aromatic carbocycles. The first-order chi connectivity index (χ1) is 7.18. The predicted octanol–water partition coefficient (Wildman–Crippen LogP) is 1.84. The van der Waals surface area contributed by atoms with Crippen LogP contribution in [0.3, 0.4) is 0 Å². The van der Waals surface area contributed by atoms with Gasteiger partial charge in [-0.05, 0) is 37.1 Å². The van der Waals surface area contributed by atoms with Crippen LogP contribution in [0, 0.1) is 10.8 Å². The maximum absolute atomic E-state index is 11.6. The molecule has 1 saturated heterocycles. The van der Waals surface area contributed by atoms with Crippen LogP contribution in [0.5, 0.6) is 0 Å². The zero-order valence-electron chi connectivity index (χ0n) is 11.0. The molecule has 1 rings (SSSR count). The van der Waals surface area contributed by atoms with Crippen molar-refractivity contribution in [1.29, 1.82) is 0 Å². The van der Waals surface area contributed by atoms with E-state index in [-0.39, 0.29) is 10.8 Å². The third-order valence-electron chi connectivity index (χ3n) is 3.43. The fourth-order valence-electron chi connectivity index (χ4n) is 2.42. The lowest BCUT2D eigenvalue weighted by molar-refractivity contribution is 0.236. The van der Waals surface area contributed by atoms with E-state index in [4.69, 9.17) is 0 Å². The van der Waals surface area contributed by atoms with Gasteiger partial charge in [-0.3, -0.25) is 0 Å². The molecule has 1 aliphatic heterocycles. The second-order valence-corrected chi connectivity index (χ2v) is 8.62. The lowest BCUT2D eigenvalue weighted by atomic mass is 9.77. The first-order valence-corrected chi connectivity index (χ1v) is 7.85. The van der Waals surface area contributed by atoms with Crippen molar-refractivity contribution in [3.05, 3.63) is 0 Å². The summed E-state index contributed by atoms with van der Waals surface area (Å²) in [4.78, 5) is 0. The first kappa shape index (κ1) is 14.0. The van der Waals surface area contributed by atoms with Crippen LogP contribution in [-0.2, 0) is 9.84 Å². The van der Waals surface area contributed by atoms with Crippen molar-refractivity contribution >= 4 is 9.84 Å². The topological polar surface area (TPSA) is 46.2 Å². The van der Waals surface area contributed by atoms with Crippen LogP contribution in [0.15, 0.2) is 0 Å². The van der Waals surface area contributed by atoms with Gasteiger partial charge < -0.3 is 5.32 Å². The predicted molar refractivity (Wildman–Crippen MR) is 68.3 cm³/mol. The van der Waals surface area contributed by atoms with Gasteiger partial charge in [-0.25, -0.2) is 8.42 Å². The van der Waals surface area contributed by atoms with Crippen molar-refractivity contribution in [2.24, 2.45) is 10.8 Å². The smallest absolute Gasteiger partial charge is 0.150 e. The molecule has 1 aliphatic rings. The Morgan fingerprint density at radius 2 is 1.94 bits per heavy atom. The second kappa shape index (κ2) is 4.65. The lowest BCUT2D eigenvalue weighted by Crippen LogP contribution is -2.34. The molecular formula is C12H25NO2S. The Hall–Kier alpha value is -0.0900. The summed E-state index contributed by atoms with van der Waals surface area (Å²) < 4.78 is 23.2. The van der Waals surface area contributed by atoms with Gasteiger partial charge in [-0.1, -0.05) is 20.8 Å². The Morgan fingerprint density at radius 1 is 1.31 bits per heavy atom. The van der Waals surface area contributed by atoms with E-state index < -0.39 is 9.84 Å². The van der Waals surface area contributed by atoms with Gasteiger partial charge in [0, 0.05) is 6.54 Å². The van der Waals surface area contributed by atoms with E-state index in [0.29, 0.717) is 11.5 Å². The Labute approximate surface area is 99.9 Å². The highest BCUT2D eigenvalue weighted by Crippen LogP contribution is 2.39. The molecule has 1 N–H and O–H groups in total. The average Bonchev–Trinajstić information content (AvgIpc) is 2.39. The van der Waals surface area contributed by atoms with Crippen molar-refractivity contribution in [2.45, 2.75) is 40.0 Å². The number of hydrogen-bond acceptors (Lipinski definition) is 3. The Kier molecular flexibility index (Phi) is 4.06. The zero-order chi connectivity index (χ0) is 12.4. The summed E-state index contributed by atoms with van der Waals surface area (Å²) in [6.45, 7) is 7.46. The fourth-order valence-corrected chi connectivity index (χ4v) is 4.64. The molecule has 0 bridgehead atoms. The number of nitrogens with one attached hydrogen (secondary N) is 1. The van der Waals surface area contributed by atoms with Crippen LogP contribution in [-0.4, -0.2) is 33.5 Å². The van der Waals surface area contributed by atoms with Gasteiger partial charge in [0.05, 0.1) is 11.5 Å². The quantitative estimate of drug-likeness (QED) is 0.824. The lowest BCUT2D eigenvalue weighted by Gasteiger charge is -2.31. The highest BCUT2D eigenvalue weighted by Gasteiger charge is 2.41. The third-order valence-corrected chi connectivity index (χ3v) is 5.30. The fraction of sp³-hybridized carbons (Fsp3) is 1.00. The van der Waals surface area contributed by atoms with E-state index in [1.165, 1.54) is 0 Å². The molecule has 1 atom stereocenters. The molecule has 0 aromatic rings. The van der Waals surface area contributed by atoms with E-state index in [2.05, 4.69) is 26.1 Å². The number of rotatable bonds is 4. The van der Waals surface area contributed by atoms with Crippen LogP contribution in [0.2, 0.25) is 0 Å². The SMILES string of the molecule is CNCC1(CCC(C)(C)C)CCS(=O)(=O)C1. The molecule has 1 fully saturated rings. The summed E-state index contributed by atoms with van der Waals surface area (Å²) in [5.41, 5.74) is 0.272. The summed E-state index contributed by atoms with van der Waals surface area (Å²) in [5, 5.41) is 3.16. The molecule has 3 nitrogen and oxygen atoms in total. The Balaban J connectivity index is 2.68. The molecule has 4 heteroatoms. The van der Waals surface area contributed by atoms with Gasteiger partial charge >= 0.3 is 0 Å². The standard InChI is InChI=1S/C12H25NO2S/c1-11(2,3)5-6-12(9-13-4)7-8-16(14,15)10-12/h13H,5-10H2,1-4H3. The van der Waals surface area contributed by atoms with E-state index in [1.54, 1.807) is 0 Å². The van der Waals surface area contributed by atoms with Crippen molar-refractivity contribution in [2.75, 3.05) is 25.1 Å². The van der Waals surface area contributed by atoms with Gasteiger partial charge in [-0.2, -0.15) is 0 Å².